The van der Waals surface area contributed by atoms with Crippen molar-refractivity contribution in [2.45, 2.75) is 17.7 Å². The number of halogens is 2. The summed E-state index contributed by atoms with van der Waals surface area (Å²) >= 11 is 14.7. The molecule has 8 heteroatoms. The van der Waals surface area contributed by atoms with E-state index >= 15 is 0 Å². The molecule has 0 bridgehead atoms. The zero-order valence-electron chi connectivity index (χ0n) is 13.6. The largest absolute Gasteiger partial charge is 0.301 e. The summed E-state index contributed by atoms with van der Waals surface area (Å²) in [5.41, 5.74) is 1.10. The number of aromatic nitrogens is 2. The third-order valence-electron chi connectivity index (χ3n) is 3.39. The van der Waals surface area contributed by atoms with Crippen LogP contribution in [-0.4, -0.2) is 21.9 Å². The topological polar surface area (TPSA) is 54.9 Å². The van der Waals surface area contributed by atoms with Gasteiger partial charge in [0.1, 0.15) is 5.01 Å². The van der Waals surface area contributed by atoms with Crippen molar-refractivity contribution < 1.29 is 4.79 Å². The van der Waals surface area contributed by atoms with Gasteiger partial charge in [0, 0.05) is 33.5 Å². The van der Waals surface area contributed by atoms with E-state index in [0.29, 0.717) is 33.8 Å². The van der Waals surface area contributed by atoms with Gasteiger partial charge in [-0.15, -0.1) is 22.0 Å². The summed E-state index contributed by atoms with van der Waals surface area (Å²) in [4.78, 5) is 13.1. The van der Waals surface area contributed by atoms with Crippen LogP contribution < -0.4 is 5.32 Å². The van der Waals surface area contributed by atoms with Gasteiger partial charge in [0.2, 0.25) is 11.0 Å². The molecule has 2 aromatic carbocycles. The highest BCUT2D eigenvalue weighted by Crippen LogP contribution is 2.22. The van der Waals surface area contributed by atoms with Crippen molar-refractivity contribution in [1.29, 1.82) is 0 Å². The Morgan fingerprint density at radius 1 is 1.00 bits per heavy atom. The van der Waals surface area contributed by atoms with Crippen molar-refractivity contribution >= 4 is 57.3 Å². The maximum atomic E-state index is 12.0. The lowest BCUT2D eigenvalue weighted by Gasteiger charge is -2.02. The van der Waals surface area contributed by atoms with E-state index in [1.807, 2.05) is 48.5 Å². The molecule has 0 fully saturated rings. The minimum absolute atomic E-state index is 0.0688. The molecule has 0 aliphatic heterocycles. The van der Waals surface area contributed by atoms with E-state index < -0.39 is 0 Å². The third-order valence-corrected chi connectivity index (χ3v) is 5.75. The van der Waals surface area contributed by atoms with Crippen LogP contribution in [0.3, 0.4) is 0 Å². The Kier molecular flexibility index (Phi) is 6.91. The van der Waals surface area contributed by atoms with Gasteiger partial charge < -0.3 is 5.32 Å². The van der Waals surface area contributed by atoms with Gasteiger partial charge in [-0.05, 0) is 42.0 Å². The van der Waals surface area contributed by atoms with Crippen LogP contribution >= 0.6 is 46.3 Å². The number of thioether (sulfide) groups is 1. The van der Waals surface area contributed by atoms with E-state index in [9.17, 15) is 4.79 Å². The molecule has 0 aliphatic carbocycles. The zero-order chi connectivity index (χ0) is 18.4. The van der Waals surface area contributed by atoms with Crippen molar-refractivity contribution in [3.63, 3.8) is 0 Å². The van der Waals surface area contributed by atoms with Crippen molar-refractivity contribution in [1.82, 2.24) is 10.2 Å². The van der Waals surface area contributed by atoms with Crippen LogP contribution in [0.15, 0.2) is 53.4 Å². The Labute approximate surface area is 169 Å². The minimum Gasteiger partial charge on any atom is -0.301 e. The first-order valence-electron chi connectivity index (χ1n) is 7.83. The monoisotopic (exact) mass is 423 g/mol. The average molecular weight is 424 g/mol. The predicted molar refractivity (Wildman–Crippen MR) is 110 cm³/mol. The summed E-state index contributed by atoms with van der Waals surface area (Å²) < 4.78 is 0. The molecule has 3 rings (SSSR count). The van der Waals surface area contributed by atoms with Gasteiger partial charge in [-0.1, -0.05) is 46.7 Å². The second-order valence-electron chi connectivity index (χ2n) is 5.40. The van der Waals surface area contributed by atoms with Crippen LogP contribution in [0.4, 0.5) is 5.13 Å². The van der Waals surface area contributed by atoms with E-state index in [1.54, 1.807) is 11.8 Å². The van der Waals surface area contributed by atoms with Gasteiger partial charge >= 0.3 is 0 Å². The van der Waals surface area contributed by atoms with Crippen LogP contribution in [0.1, 0.15) is 17.0 Å². The smallest absolute Gasteiger partial charge is 0.227 e. The lowest BCUT2D eigenvalue weighted by atomic mass is 10.2. The summed E-state index contributed by atoms with van der Waals surface area (Å²) in [5, 5.41) is 13.7. The van der Waals surface area contributed by atoms with E-state index in [1.165, 1.54) is 11.3 Å². The molecular weight excluding hydrogens is 409 g/mol. The highest BCUT2D eigenvalue weighted by Gasteiger charge is 2.09. The van der Waals surface area contributed by atoms with Crippen LogP contribution in [0.25, 0.3) is 0 Å². The molecule has 0 atom stereocenters. The van der Waals surface area contributed by atoms with Crippen molar-refractivity contribution in [3.8, 4) is 0 Å². The molecule has 0 radical (unpaired) electrons. The summed E-state index contributed by atoms with van der Waals surface area (Å²) in [6, 6.07) is 15.2. The number of amides is 1. The van der Waals surface area contributed by atoms with Gasteiger partial charge in [-0.25, -0.2) is 0 Å². The molecule has 0 unspecified atom stereocenters. The molecule has 0 aliphatic rings. The molecule has 0 spiro atoms. The Balaban J connectivity index is 1.45. The molecule has 26 heavy (non-hydrogen) atoms. The maximum absolute atomic E-state index is 12.0. The average Bonchev–Trinajstić information content (AvgIpc) is 3.05. The predicted octanol–water partition coefficient (Wildman–Crippen LogP) is 5.56. The van der Waals surface area contributed by atoms with E-state index in [0.717, 1.165) is 15.5 Å². The zero-order valence-corrected chi connectivity index (χ0v) is 16.8. The van der Waals surface area contributed by atoms with Gasteiger partial charge in [0.15, 0.2) is 0 Å². The molecule has 1 heterocycles. The number of hydrogen-bond acceptors (Lipinski definition) is 5. The highest BCUT2D eigenvalue weighted by atomic mass is 35.5. The van der Waals surface area contributed by atoms with E-state index in [-0.39, 0.29) is 5.91 Å². The first-order chi connectivity index (χ1) is 12.6. The minimum atomic E-state index is -0.0688. The van der Waals surface area contributed by atoms with Gasteiger partial charge in [-0.2, -0.15) is 0 Å². The number of hydrogen-bond donors (Lipinski definition) is 1. The van der Waals surface area contributed by atoms with Crippen molar-refractivity contribution in [2.24, 2.45) is 0 Å². The molecule has 1 amide bonds. The normalized spacial score (nSPS) is 10.7. The number of nitrogens with zero attached hydrogens (tertiary/aromatic N) is 2. The Morgan fingerprint density at radius 3 is 2.35 bits per heavy atom. The first kappa shape index (κ1) is 19.2. The third kappa shape index (κ3) is 5.99. The molecule has 134 valence electrons. The van der Waals surface area contributed by atoms with Crippen LogP contribution in [0.2, 0.25) is 10.0 Å². The van der Waals surface area contributed by atoms with E-state index in [4.69, 9.17) is 23.2 Å². The molecule has 4 nitrogen and oxygen atoms in total. The maximum Gasteiger partial charge on any atom is 0.227 e. The first-order valence-corrected chi connectivity index (χ1v) is 10.4. The second-order valence-corrected chi connectivity index (χ2v) is 8.51. The quantitative estimate of drug-likeness (QED) is 0.505. The van der Waals surface area contributed by atoms with Crippen molar-refractivity contribution in [2.75, 3.05) is 11.1 Å². The number of anilines is 1. The van der Waals surface area contributed by atoms with Gasteiger partial charge in [0.25, 0.3) is 0 Å². The summed E-state index contributed by atoms with van der Waals surface area (Å²) in [6.07, 6.45) is 1.07. The Hall–Kier alpha value is -1.60. The van der Waals surface area contributed by atoms with Crippen LogP contribution in [-0.2, 0) is 11.2 Å². The molecule has 0 saturated heterocycles. The Bertz CT molecular complexity index is 867. The number of nitrogens with one attached hydrogen (secondary N) is 1. The fourth-order valence-electron chi connectivity index (χ4n) is 2.13. The van der Waals surface area contributed by atoms with E-state index in [2.05, 4.69) is 15.5 Å². The highest BCUT2D eigenvalue weighted by molar-refractivity contribution is 7.99. The van der Waals surface area contributed by atoms with Crippen molar-refractivity contribution in [3.05, 3.63) is 69.1 Å². The summed E-state index contributed by atoms with van der Waals surface area (Å²) in [5.74, 6) is 0.616. The number of benzene rings is 2. The molecule has 0 saturated carbocycles. The van der Waals surface area contributed by atoms with Gasteiger partial charge in [-0.3, -0.25) is 4.79 Å². The fourth-order valence-corrected chi connectivity index (χ4v) is 4.02. The number of rotatable bonds is 7. The van der Waals surface area contributed by atoms with Crippen LogP contribution in [0, 0.1) is 0 Å². The molecule has 1 N–H and O–H groups in total. The molecule has 3 aromatic rings. The van der Waals surface area contributed by atoms with Crippen LogP contribution in [0.5, 0.6) is 0 Å². The summed E-state index contributed by atoms with van der Waals surface area (Å²) in [6.45, 7) is 0. The SMILES string of the molecule is O=C(CCSc1ccc(Cl)cc1)Nc1nnc(Cc2ccc(Cl)cc2)s1. The second kappa shape index (κ2) is 9.37. The fraction of sp³-hybridized carbons (Fsp3) is 0.167. The lowest BCUT2D eigenvalue weighted by molar-refractivity contribution is -0.115. The molecule has 1 aromatic heterocycles. The number of carbonyl (C=O) groups excluding carboxylic acids is 1. The Morgan fingerprint density at radius 2 is 1.65 bits per heavy atom. The standard InChI is InChI=1S/C18H15Cl2N3OS2/c19-13-3-1-12(2-4-13)11-17-22-23-18(26-17)21-16(24)9-10-25-15-7-5-14(20)6-8-15/h1-8H,9-11H2,(H,21,23,24). The lowest BCUT2D eigenvalue weighted by Crippen LogP contribution is -2.11. The molecular formula is C18H15Cl2N3OS2. The van der Waals surface area contributed by atoms with Gasteiger partial charge in [0.05, 0.1) is 0 Å². The summed E-state index contributed by atoms with van der Waals surface area (Å²) in [7, 11) is 0. The number of carbonyl (C=O) groups is 1.